The largest absolute Gasteiger partial charge is 0.351 e. The van der Waals surface area contributed by atoms with Gasteiger partial charge in [0.15, 0.2) is 0 Å². The van der Waals surface area contributed by atoms with Gasteiger partial charge in [0, 0.05) is 14.1 Å². The van der Waals surface area contributed by atoms with E-state index in [1.165, 1.54) is 16.0 Å². The molecule has 2 nitrogen and oxygen atoms in total. The van der Waals surface area contributed by atoms with Crippen LogP contribution in [0.2, 0.25) is 0 Å². The van der Waals surface area contributed by atoms with Gasteiger partial charge >= 0.3 is 0 Å². The SMILES string of the molecule is C=CC(/C=C\C)=C(\C=C/C)CC.CC.CN(C)C=O. The minimum atomic E-state index is 0.750. The second kappa shape index (κ2) is 18.8. The zero-order chi connectivity index (χ0) is 15.7. The molecular formula is C17H31NO. The van der Waals surface area contributed by atoms with E-state index in [1.807, 2.05) is 39.8 Å². The fraction of sp³-hybridized carbons (Fsp3) is 0.471. The van der Waals surface area contributed by atoms with E-state index in [4.69, 9.17) is 0 Å². The number of hydrogen-bond acceptors (Lipinski definition) is 1. The topological polar surface area (TPSA) is 20.3 Å². The Kier molecular flexibility index (Phi) is 22.3. The lowest BCUT2D eigenvalue weighted by Gasteiger charge is -2.01. The lowest BCUT2D eigenvalue weighted by Crippen LogP contribution is -2.06. The summed E-state index contributed by atoms with van der Waals surface area (Å²) in [6.07, 6.45) is 12.0. The summed E-state index contributed by atoms with van der Waals surface area (Å²) in [6, 6.07) is 0. The minimum absolute atomic E-state index is 0.750. The van der Waals surface area contributed by atoms with Crippen LogP contribution in [-0.2, 0) is 4.79 Å². The van der Waals surface area contributed by atoms with Crippen molar-refractivity contribution in [1.82, 2.24) is 4.90 Å². The normalized spacial score (nSPS) is 10.9. The van der Waals surface area contributed by atoms with E-state index < -0.39 is 0 Å². The summed E-state index contributed by atoms with van der Waals surface area (Å²) in [6.45, 7) is 14.0. The van der Waals surface area contributed by atoms with E-state index in [2.05, 4.69) is 31.7 Å². The van der Waals surface area contributed by atoms with Crippen LogP contribution in [0.25, 0.3) is 0 Å². The Morgan fingerprint density at radius 1 is 1.11 bits per heavy atom. The maximum Gasteiger partial charge on any atom is 0.209 e. The molecule has 0 saturated carbocycles. The van der Waals surface area contributed by atoms with E-state index in [0.717, 1.165) is 12.8 Å². The minimum Gasteiger partial charge on any atom is -0.351 e. The van der Waals surface area contributed by atoms with Gasteiger partial charge < -0.3 is 4.90 Å². The first-order chi connectivity index (χ1) is 9.06. The van der Waals surface area contributed by atoms with Crippen LogP contribution >= 0.6 is 0 Å². The fourth-order valence-electron chi connectivity index (χ4n) is 1.11. The maximum absolute atomic E-state index is 9.43. The summed E-state index contributed by atoms with van der Waals surface area (Å²) < 4.78 is 0. The summed E-state index contributed by atoms with van der Waals surface area (Å²) in [5, 5.41) is 0. The summed E-state index contributed by atoms with van der Waals surface area (Å²) in [5.74, 6) is 0. The highest BCUT2D eigenvalue weighted by Gasteiger charge is 1.92. The van der Waals surface area contributed by atoms with Crippen molar-refractivity contribution in [2.45, 2.75) is 41.0 Å². The van der Waals surface area contributed by atoms with Crippen molar-refractivity contribution in [3.63, 3.8) is 0 Å². The third-order valence-electron chi connectivity index (χ3n) is 1.90. The second-order valence-corrected chi connectivity index (χ2v) is 3.61. The maximum atomic E-state index is 9.43. The Labute approximate surface area is 120 Å². The Morgan fingerprint density at radius 3 is 1.74 bits per heavy atom. The van der Waals surface area contributed by atoms with Crippen LogP contribution in [-0.4, -0.2) is 25.4 Å². The number of nitrogens with zero attached hydrogens (tertiary/aromatic N) is 1. The van der Waals surface area contributed by atoms with Crippen molar-refractivity contribution in [3.8, 4) is 0 Å². The van der Waals surface area contributed by atoms with Gasteiger partial charge in [-0.15, -0.1) is 0 Å². The van der Waals surface area contributed by atoms with Crippen molar-refractivity contribution in [2.24, 2.45) is 0 Å². The molecule has 0 heterocycles. The molecule has 110 valence electrons. The molecule has 0 aromatic rings. The van der Waals surface area contributed by atoms with Gasteiger partial charge in [0.25, 0.3) is 0 Å². The molecular weight excluding hydrogens is 234 g/mol. The predicted molar refractivity (Wildman–Crippen MR) is 88.2 cm³/mol. The van der Waals surface area contributed by atoms with Crippen molar-refractivity contribution >= 4 is 6.41 Å². The van der Waals surface area contributed by atoms with Crippen molar-refractivity contribution in [1.29, 1.82) is 0 Å². The molecule has 2 heteroatoms. The molecule has 0 bridgehead atoms. The van der Waals surface area contributed by atoms with Crippen LogP contribution < -0.4 is 0 Å². The third-order valence-corrected chi connectivity index (χ3v) is 1.90. The fourth-order valence-corrected chi connectivity index (χ4v) is 1.11. The van der Waals surface area contributed by atoms with Gasteiger partial charge in [-0.1, -0.05) is 57.7 Å². The van der Waals surface area contributed by atoms with Gasteiger partial charge in [-0.25, -0.2) is 0 Å². The van der Waals surface area contributed by atoms with E-state index in [0.29, 0.717) is 0 Å². The molecule has 0 radical (unpaired) electrons. The molecule has 0 atom stereocenters. The smallest absolute Gasteiger partial charge is 0.209 e. The van der Waals surface area contributed by atoms with Crippen molar-refractivity contribution in [3.05, 3.63) is 48.1 Å². The number of hydrogen-bond donors (Lipinski definition) is 0. The molecule has 0 rings (SSSR count). The van der Waals surface area contributed by atoms with Gasteiger partial charge in [-0.3, -0.25) is 4.79 Å². The van der Waals surface area contributed by atoms with Gasteiger partial charge in [-0.05, 0) is 31.4 Å². The lowest BCUT2D eigenvalue weighted by molar-refractivity contribution is -0.115. The average molecular weight is 265 g/mol. The van der Waals surface area contributed by atoms with Gasteiger partial charge in [0.2, 0.25) is 6.41 Å². The van der Waals surface area contributed by atoms with Crippen LogP contribution in [0, 0.1) is 0 Å². The Hall–Kier alpha value is -1.57. The number of rotatable bonds is 5. The second-order valence-electron chi connectivity index (χ2n) is 3.61. The average Bonchev–Trinajstić information content (AvgIpc) is 2.45. The number of allylic oxidation sites excluding steroid dienone is 7. The van der Waals surface area contributed by atoms with E-state index in [1.54, 1.807) is 14.1 Å². The Morgan fingerprint density at radius 2 is 1.53 bits per heavy atom. The molecule has 0 saturated heterocycles. The molecule has 0 fully saturated rings. The molecule has 1 amide bonds. The summed E-state index contributed by atoms with van der Waals surface area (Å²) in [7, 11) is 3.38. The van der Waals surface area contributed by atoms with Crippen molar-refractivity contribution in [2.75, 3.05) is 14.1 Å². The highest BCUT2D eigenvalue weighted by Crippen LogP contribution is 2.12. The highest BCUT2D eigenvalue weighted by molar-refractivity contribution is 5.45. The Balaban J connectivity index is -0.000000307. The summed E-state index contributed by atoms with van der Waals surface area (Å²) >= 11 is 0. The molecule has 19 heavy (non-hydrogen) atoms. The molecule has 0 spiro atoms. The van der Waals surface area contributed by atoms with Crippen LogP contribution in [0.1, 0.15) is 41.0 Å². The number of amides is 1. The first-order valence-electron chi connectivity index (χ1n) is 6.79. The zero-order valence-corrected chi connectivity index (χ0v) is 13.7. The number of carbonyl (C=O) groups is 1. The van der Waals surface area contributed by atoms with E-state index in [-0.39, 0.29) is 0 Å². The standard InChI is InChI=1S/C12H18.C3H7NO.C2H6/c1-5-9-11(7-3)12(8-4)10-6-2;1-4(2)3-5;1-2/h5-7,9-10H,3,8H2,1-2,4H3;3H,1-2H3;1-2H3/b9-5-,10-6-,12-11+;;. The summed E-state index contributed by atoms with van der Waals surface area (Å²) in [4.78, 5) is 10.9. The van der Waals surface area contributed by atoms with Crippen LogP contribution in [0.3, 0.4) is 0 Å². The zero-order valence-electron chi connectivity index (χ0n) is 13.7. The molecule has 0 aromatic carbocycles. The third kappa shape index (κ3) is 16.4. The highest BCUT2D eigenvalue weighted by atomic mass is 16.1. The molecule has 0 aliphatic carbocycles. The first-order valence-corrected chi connectivity index (χ1v) is 6.79. The van der Waals surface area contributed by atoms with Crippen molar-refractivity contribution < 1.29 is 4.79 Å². The predicted octanol–water partition coefficient (Wildman–Crippen LogP) is 4.76. The van der Waals surface area contributed by atoms with Crippen LogP contribution in [0.15, 0.2) is 48.1 Å². The first kappa shape index (κ1) is 22.6. The van der Waals surface area contributed by atoms with Crippen LogP contribution in [0.4, 0.5) is 0 Å². The molecule has 0 aromatic heterocycles. The lowest BCUT2D eigenvalue weighted by atomic mass is 10.0. The molecule has 0 aliphatic rings. The van der Waals surface area contributed by atoms with Gasteiger partial charge in [0.1, 0.15) is 0 Å². The Bertz CT molecular complexity index is 296. The molecule has 0 aliphatic heterocycles. The molecule has 0 unspecified atom stereocenters. The van der Waals surface area contributed by atoms with Gasteiger partial charge in [0.05, 0.1) is 0 Å². The van der Waals surface area contributed by atoms with Crippen LogP contribution in [0.5, 0.6) is 0 Å². The van der Waals surface area contributed by atoms with E-state index >= 15 is 0 Å². The number of carbonyl (C=O) groups excluding carboxylic acids is 1. The molecule has 0 N–H and O–H groups in total. The van der Waals surface area contributed by atoms with Gasteiger partial charge in [-0.2, -0.15) is 0 Å². The van der Waals surface area contributed by atoms with E-state index in [9.17, 15) is 4.79 Å². The summed E-state index contributed by atoms with van der Waals surface area (Å²) in [5.41, 5.74) is 2.56. The monoisotopic (exact) mass is 265 g/mol. The quantitative estimate of drug-likeness (QED) is 0.518.